The van der Waals surface area contributed by atoms with Crippen LogP contribution < -0.4 is 10.6 Å². The Morgan fingerprint density at radius 2 is 2.07 bits per heavy atom. The molecule has 0 fully saturated rings. The van der Waals surface area contributed by atoms with Crippen molar-refractivity contribution in [3.63, 3.8) is 0 Å². The summed E-state index contributed by atoms with van der Waals surface area (Å²) in [5, 5.41) is 14.5. The van der Waals surface area contributed by atoms with Gasteiger partial charge in [0.2, 0.25) is 5.91 Å². The minimum atomic E-state index is -0.234. The second kappa shape index (κ2) is 7.24. The molecule has 15 heavy (non-hydrogen) atoms. The molecule has 0 saturated heterocycles. The van der Waals surface area contributed by atoms with Crippen LogP contribution in [-0.4, -0.2) is 26.0 Å². The van der Waals surface area contributed by atoms with Gasteiger partial charge in [-0.3, -0.25) is 4.79 Å². The Morgan fingerprint density at radius 1 is 1.40 bits per heavy atom. The highest BCUT2D eigenvalue weighted by Crippen LogP contribution is 2.19. The number of amides is 1. The fourth-order valence-electron chi connectivity index (χ4n) is 1.16. The quantitative estimate of drug-likeness (QED) is 0.618. The van der Waals surface area contributed by atoms with E-state index in [0.29, 0.717) is 13.0 Å². The van der Waals surface area contributed by atoms with E-state index in [0.717, 1.165) is 19.4 Å². The molecule has 0 aromatic heterocycles. The molecule has 0 radical (unpaired) electrons. The smallest absolute Gasteiger partial charge is 0.221 e. The molecule has 0 rings (SSSR count). The van der Waals surface area contributed by atoms with Gasteiger partial charge in [0.1, 0.15) is 0 Å². The summed E-state index contributed by atoms with van der Waals surface area (Å²) < 4.78 is 0. The van der Waals surface area contributed by atoms with Crippen LogP contribution in [-0.2, 0) is 4.79 Å². The minimum absolute atomic E-state index is 0.0554. The molecule has 0 saturated carbocycles. The molecular formula is C11H21N3O. The SMILES string of the molecule is CNC(=O)CCNCCCC(C)(C)C#N. The molecule has 4 nitrogen and oxygen atoms in total. The molecule has 0 aliphatic heterocycles. The Morgan fingerprint density at radius 3 is 2.60 bits per heavy atom. The highest BCUT2D eigenvalue weighted by Gasteiger charge is 2.15. The van der Waals surface area contributed by atoms with Crippen molar-refractivity contribution in [2.45, 2.75) is 33.1 Å². The summed E-state index contributed by atoms with van der Waals surface area (Å²) in [6, 6.07) is 2.27. The van der Waals surface area contributed by atoms with E-state index in [2.05, 4.69) is 16.7 Å². The standard InChI is InChI=1S/C11H21N3O/c1-11(2,9-12)6-4-7-14-8-5-10(15)13-3/h14H,4-8H2,1-3H3,(H,13,15). The number of nitriles is 1. The fraction of sp³-hybridized carbons (Fsp3) is 0.818. The third kappa shape index (κ3) is 7.95. The molecule has 86 valence electrons. The molecule has 1 amide bonds. The van der Waals surface area contributed by atoms with E-state index in [1.54, 1.807) is 7.05 Å². The monoisotopic (exact) mass is 211 g/mol. The number of nitrogens with one attached hydrogen (secondary N) is 2. The maximum Gasteiger partial charge on any atom is 0.221 e. The first-order valence-corrected chi connectivity index (χ1v) is 5.34. The van der Waals surface area contributed by atoms with Gasteiger partial charge >= 0.3 is 0 Å². The lowest BCUT2D eigenvalue weighted by Crippen LogP contribution is -2.25. The highest BCUT2D eigenvalue weighted by atomic mass is 16.1. The second-order valence-electron chi connectivity index (χ2n) is 4.27. The first kappa shape index (κ1) is 13.9. The summed E-state index contributed by atoms with van der Waals surface area (Å²) >= 11 is 0. The first-order valence-electron chi connectivity index (χ1n) is 5.34. The van der Waals surface area contributed by atoms with Crippen molar-refractivity contribution in [3.05, 3.63) is 0 Å². The fourth-order valence-corrected chi connectivity index (χ4v) is 1.16. The van der Waals surface area contributed by atoms with Crippen molar-refractivity contribution in [1.29, 1.82) is 5.26 Å². The number of hydrogen-bond donors (Lipinski definition) is 2. The lowest BCUT2D eigenvalue weighted by molar-refractivity contribution is -0.120. The van der Waals surface area contributed by atoms with Crippen LogP contribution in [0.25, 0.3) is 0 Å². The van der Waals surface area contributed by atoms with Crippen molar-refractivity contribution in [2.75, 3.05) is 20.1 Å². The van der Waals surface area contributed by atoms with Crippen molar-refractivity contribution in [3.8, 4) is 6.07 Å². The molecule has 0 spiro atoms. The highest BCUT2D eigenvalue weighted by molar-refractivity contribution is 5.75. The van der Waals surface area contributed by atoms with Gasteiger partial charge in [-0.1, -0.05) is 0 Å². The Kier molecular flexibility index (Phi) is 6.72. The summed E-state index contributed by atoms with van der Waals surface area (Å²) in [7, 11) is 1.64. The molecule has 4 heteroatoms. The lowest BCUT2D eigenvalue weighted by atomic mass is 9.90. The van der Waals surface area contributed by atoms with Crippen molar-refractivity contribution in [2.24, 2.45) is 5.41 Å². The van der Waals surface area contributed by atoms with Gasteiger partial charge in [0.15, 0.2) is 0 Å². The maximum atomic E-state index is 10.9. The molecule has 0 atom stereocenters. The van der Waals surface area contributed by atoms with E-state index in [9.17, 15) is 4.79 Å². The van der Waals surface area contributed by atoms with Crippen LogP contribution in [0.5, 0.6) is 0 Å². The summed E-state index contributed by atoms with van der Waals surface area (Å²) in [4.78, 5) is 10.9. The summed E-state index contributed by atoms with van der Waals surface area (Å²) in [6.45, 7) is 5.45. The van der Waals surface area contributed by atoms with Gasteiger partial charge in [-0.2, -0.15) is 5.26 Å². The number of carbonyl (C=O) groups is 1. The van der Waals surface area contributed by atoms with Crippen LogP contribution in [0, 0.1) is 16.7 Å². The Labute approximate surface area is 92.0 Å². The summed E-state index contributed by atoms with van der Waals surface area (Å²) in [5.74, 6) is 0.0554. The van der Waals surface area contributed by atoms with E-state index < -0.39 is 0 Å². The zero-order valence-corrected chi connectivity index (χ0v) is 9.89. The minimum Gasteiger partial charge on any atom is -0.359 e. The Balaban J connectivity index is 3.34. The lowest BCUT2D eigenvalue weighted by Gasteiger charge is -2.14. The van der Waals surface area contributed by atoms with Gasteiger partial charge in [0.05, 0.1) is 11.5 Å². The van der Waals surface area contributed by atoms with Gasteiger partial charge in [0, 0.05) is 20.0 Å². The van der Waals surface area contributed by atoms with E-state index in [1.165, 1.54) is 0 Å². The zero-order valence-electron chi connectivity index (χ0n) is 9.89. The predicted molar refractivity (Wildman–Crippen MR) is 60.2 cm³/mol. The molecule has 0 aromatic rings. The topological polar surface area (TPSA) is 64.9 Å². The van der Waals surface area contributed by atoms with Crippen LogP contribution in [0.2, 0.25) is 0 Å². The average Bonchev–Trinajstić information content (AvgIpc) is 2.22. The molecular weight excluding hydrogens is 190 g/mol. The number of nitrogens with zero attached hydrogens (tertiary/aromatic N) is 1. The molecule has 0 aliphatic rings. The second-order valence-corrected chi connectivity index (χ2v) is 4.27. The average molecular weight is 211 g/mol. The van der Waals surface area contributed by atoms with E-state index in [4.69, 9.17) is 5.26 Å². The zero-order chi connectivity index (χ0) is 11.7. The Bertz CT molecular complexity index is 230. The molecule has 0 aromatic carbocycles. The van der Waals surface area contributed by atoms with Crippen LogP contribution >= 0.6 is 0 Å². The normalized spacial score (nSPS) is 10.8. The third-order valence-corrected chi connectivity index (χ3v) is 2.27. The van der Waals surface area contributed by atoms with Gasteiger partial charge in [0.25, 0.3) is 0 Å². The van der Waals surface area contributed by atoms with Crippen LogP contribution in [0.15, 0.2) is 0 Å². The number of hydrogen-bond acceptors (Lipinski definition) is 3. The van der Waals surface area contributed by atoms with E-state index >= 15 is 0 Å². The number of carbonyl (C=O) groups excluding carboxylic acids is 1. The number of rotatable bonds is 7. The predicted octanol–water partition coefficient (Wildman–Crippen LogP) is 1.04. The molecule has 0 unspecified atom stereocenters. The van der Waals surface area contributed by atoms with Gasteiger partial charge in [-0.25, -0.2) is 0 Å². The van der Waals surface area contributed by atoms with Crippen molar-refractivity contribution in [1.82, 2.24) is 10.6 Å². The molecule has 0 aliphatic carbocycles. The van der Waals surface area contributed by atoms with Gasteiger partial charge in [-0.05, 0) is 33.2 Å². The van der Waals surface area contributed by atoms with Crippen molar-refractivity contribution >= 4 is 5.91 Å². The first-order chi connectivity index (χ1) is 7.02. The van der Waals surface area contributed by atoms with E-state index in [-0.39, 0.29) is 11.3 Å². The van der Waals surface area contributed by atoms with Crippen LogP contribution in [0.3, 0.4) is 0 Å². The van der Waals surface area contributed by atoms with Crippen molar-refractivity contribution < 1.29 is 4.79 Å². The largest absolute Gasteiger partial charge is 0.359 e. The summed E-state index contributed by atoms with van der Waals surface area (Å²) in [6.07, 6.45) is 2.36. The summed E-state index contributed by atoms with van der Waals surface area (Å²) in [5.41, 5.74) is -0.234. The maximum absolute atomic E-state index is 10.9. The molecule has 2 N–H and O–H groups in total. The molecule has 0 bridgehead atoms. The molecule has 0 heterocycles. The van der Waals surface area contributed by atoms with Crippen LogP contribution in [0.4, 0.5) is 0 Å². The third-order valence-electron chi connectivity index (χ3n) is 2.27. The van der Waals surface area contributed by atoms with Gasteiger partial charge < -0.3 is 10.6 Å². The van der Waals surface area contributed by atoms with E-state index in [1.807, 2.05) is 13.8 Å². The Hall–Kier alpha value is -1.08. The van der Waals surface area contributed by atoms with Gasteiger partial charge in [-0.15, -0.1) is 0 Å². The van der Waals surface area contributed by atoms with Crippen LogP contribution in [0.1, 0.15) is 33.1 Å².